The van der Waals surface area contributed by atoms with E-state index in [0.29, 0.717) is 16.6 Å². The standard InChI is InChI=1S/C22H27Cl2N5/c1-26-28-22(14-21(25)18-7-3-5-9-20(18)24)27-17-10-12-29(13-11-17)15-16-6-2-4-8-19(16)23/h2-9,14,17,26H,10-13,15,25H2,1H3,(H,27,28). The molecule has 1 fully saturated rings. The Morgan fingerprint density at radius 1 is 1.10 bits per heavy atom. The summed E-state index contributed by atoms with van der Waals surface area (Å²) in [4.78, 5) is 7.29. The third kappa shape index (κ3) is 6.21. The van der Waals surface area contributed by atoms with E-state index in [0.717, 1.165) is 43.1 Å². The Kier molecular flexibility index (Phi) is 7.95. The van der Waals surface area contributed by atoms with Gasteiger partial charge in [-0.3, -0.25) is 9.89 Å². The van der Waals surface area contributed by atoms with E-state index in [-0.39, 0.29) is 6.04 Å². The summed E-state index contributed by atoms with van der Waals surface area (Å²) < 4.78 is 0. The smallest absolute Gasteiger partial charge is 0.137 e. The molecule has 3 rings (SSSR count). The van der Waals surface area contributed by atoms with Gasteiger partial charge in [-0.1, -0.05) is 59.6 Å². The molecular formula is C22H27Cl2N5. The van der Waals surface area contributed by atoms with Gasteiger partial charge in [0.05, 0.1) is 6.04 Å². The number of nitrogens with one attached hydrogen (secondary N) is 2. The summed E-state index contributed by atoms with van der Waals surface area (Å²) in [6, 6.07) is 15.8. The van der Waals surface area contributed by atoms with Crippen LogP contribution in [0.15, 0.2) is 59.6 Å². The number of likely N-dealkylation sites (tertiary alicyclic amines) is 1. The molecule has 154 valence electrons. The molecule has 7 heteroatoms. The molecule has 1 aliphatic rings. The molecule has 0 radical (unpaired) electrons. The summed E-state index contributed by atoms with van der Waals surface area (Å²) in [6.07, 6.45) is 3.80. The molecule has 4 N–H and O–H groups in total. The van der Waals surface area contributed by atoms with Crippen molar-refractivity contribution < 1.29 is 0 Å². The van der Waals surface area contributed by atoms with E-state index in [1.54, 1.807) is 7.05 Å². The first-order valence-electron chi connectivity index (χ1n) is 9.75. The van der Waals surface area contributed by atoms with Gasteiger partial charge < -0.3 is 11.2 Å². The van der Waals surface area contributed by atoms with Crippen LogP contribution in [0.25, 0.3) is 5.70 Å². The highest BCUT2D eigenvalue weighted by Crippen LogP contribution is 2.22. The number of hydrogen-bond donors (Lipinski definition) is 3. The third-order valence-electron chi connectivity index (χ3n) is 4.96. The van der Waals surface area contributed by atoms with Crippen LogP contribution in [0.1, 0.15) is 24.0 Å². The molecule has 2 aromatic rings. The predicted octanol–water partition coefficient (Wildman–Crippen LogP) is 4.08. The summed E-state index contributed by atoms with van der Waals surface area (Å²) in [5.74, 6) is 0.703. The monoisotopic (exact) mass is 431 g/mol. The number of hydrazine groups is 1. The Labute approximate surface area is 182 Å². The Morgan fingerprint density at radius 2 is 1.76 bits per heavy atom. The van der Waals surface area contributed by atoms with Gasteiger partial charge in [0.2, 0.25) is 0 Å². The average Bonchev–Trinajstić information content (AvgIpc) is 2.71. The molecular weight excluding hydrogens is 405 g/mol. The molecule has 1 saturated heterocycles. The van der Waals surface area contributed by atoms with Gasteiger partial charge in [-0.05, 0) is 30.5 Å². The Hall–Kier alpha value is -2.05. The lowest BCUT2D eigenvalue weighted by molar-refractivity contribution is 0.206. The van der Waals surface area contributed by atoms with Crippen LogP contribution in [0.2, 0.25) is 10.0 Å². The first kappa shape index (κ1) is 21.7. The molecule has 5 nitrogen and oxygen atoms in total. The van der Waals surface area contributed by atoms with Crippen molar-refractivity contribution in [3.05, 3.63) is 75.8 Å². The fourth-order valence-electron chi connectivity index (χ4n) is 3.42. The number of amidine groups is 1. The number of halogens is 2. The summed E-state index contributed by atoms with van der Waals surface area (Å²) in [5.41, 5.74) is 14.8. The van der Waals surface area contributed by atoms with Gasteiger partial charge in [-0.2, -0.15) is 0 Å². The van der Waals surface area contributed by atoms with E-state index < -0.39 is 0 Å². The molecule has 1 heterocycles. The number of nitrogens with two attached hydrogens (primary N) is 1. The highest BCUT2D eigenvalue weighted by molar-refractivity contribution is 6.32. The zero-order chi connectivity index (χ0) is 20.6. The van der Waals surface area contributed by atoms with Gasteiger partial charge in [0.25, 0.3) is 0 Å². The van der Waals surface area contributed by atoms with Gasteiger partial charge in [0.15, 0.2) is 0 Å². The summed E-state index contributed by atoms with van der Waals surface area (Å²) in [5, 5.41) is 1.45. The molecule has 0 saturated carbocycles. The molecule has 0 atom stereocenters. The number of aliphatic imine (C=N–C) groups is 1. The minimum Gasteiger partial charge on any atom is -0.398 e. The lowest BCUT2D eigenvalue weighted by atomic mass is 10.0. The van der Waals surface area contributed by atoms with Crippen LogP contribution in [0.5, 0.6) is 0 Å². The molecule has 1 aliphatic heterocycles. The second-order valence-corrected chi connectivity index (χ2v) is 7.88. The predicted molar refractivity (Wildman–Crippen MR) is 123 cm³/mol. The van der Waals surface area contributed by atoms with E-state index in [1.807, 2.05) is 48.5 Å². The summed E-state index contributed by atoms with van der Waals surface area (Å²) in [7, 11) is 1.81. The fourth-order valence-corrected chi connectivity index (χ4v) is 3.87. The molecule has 0 bridgehead atoms. The van der Waals surface area contributed by atoms with Crippen LogP contribution in [-0.4, -0.2) is 36.9 Å². The highest BCUT2D eigenvalue weighted by Gasteiger charge is 2.19. The van der Waals surface area contributed by atoms with Crippen molar-refractivity contribution in [1.82, 2.24) is 15.8 Å². The average molecular weight is 432 g/mol. The minimum absolute atomic E-state index is 0.239. The molecule has 0 aliphatic carbocycles. The van der Waals surface area contributed by atoms with E-state index in [2.05, 4.69) is 21.8 Å². The van der Waals surface area contributed by atoms with Crippen molar-refractivity contribution in [1.29, 1.82) is 0 Å². The van der Waals surface area contributed by atoms with Crippen molar-refractivity contribution in [3.63, 3.8) is 0 Å². The first-order chi connectivity index (χ1) is 14.1. The van der Waals surface area contributed by atoms with E-state index >= 15 is 0 Å². The van der Waals surface area contributed by atoms with E-state index in [1.165, 1.54) is 5.56 Å². The minimum atomic E-state index is 0.239. The zero-order valence-corrected chi connectivity index (χ0v) is 18.0. The van der Waals surface area contributed by atoms with Gasteiger partial charge in [-0.15, -0.1) is 0 Å². The Morgan fingerprint density at radius 3 is 2.41 bits per heavy atom. The lowest BCUT2D eigenvalue weighted by Crippen LogP contribution is -2.38. The largest absolute Gasteiger partial charge is 0.398 e. The normalized spacial score (nSPS) is 16.8. The molecule has 0 aromatic heterocycles. The number of piperidine rings is 1. The maximum atomic E-state index is 6.29. The molecule has 2 aromatic carbocycles. The molecule has 29 heavy (non-hydrogen) atoms. The van der Waals surface area contributed by atoms with Crippen LogP contribution in [-0.2, 0) is 6.54 Å². The van der Waals surface area contributed by atoms with Gasteiger partial charge >= 0.3 is 0 Å². The Balaban J connectivity index is 1.64. The fraction of sp³-hybridized carbons (Fsp3) is 0.318. The number of hydrogen-bond acceptors (Lipinski definition) is 4. The van der Waals surface area contributed by atoms with Crippen LogP contribution in [0, 0.1) is 0 Å². The lowest BCUT2D eigenvalue weighted by Gasteiger charge is -2.30. The van der Waals surface area contributed by atoms with Crippen molar-refractivity contribution in [2.24, 2.45) is 10.7 Å². The van der Waals surface area contributed by atoms with Crippen molar-refractivity contribution in [3.8, 4) is 0 Å². The highest BCUT2D eigenvalue weighted by atomic mass is 35.5. The first-order valence-corrected chi connectivity index (χ1v) is 10.5. The van der Waals surface area contributed by atoms with Gasteiger partial charge in [0.1, 0.15) is 5.84 Å². The van der Waals surface area contributed by atoms with Gasteiger partial charge in [0, 0.05) is 54.1 Å². The topological polar surface area (TPSA) is 65.7 Å². The maximum Gasteiger partial charge on any atom is 0.137 e. The van der Waals surface area contributed by atoms with Crippen molar-refractivity contribution in [2.45, 2.75) is 25.4 Å². The summed E-state index contributed by atoms with van der Waals surface area (Å²) >= 11 is 12.5. The third-order valence-corrected chi connectivity index (χ3v) is 5.66. The number of rotatable bonds is 6. The van der Waals surface area contributed by atoms with Gasteiger partial charge in [-0.25, -0.2) is 5.43 Å². The quantitative estimate of drug-likeness (QED) is 0.366. The maximum absolute atomic E-state index is 6.29. The van der Waals surface area contributed by atoms with Crippen LogP contribution < -0.4 is 16.6 Å². The van der Waals surface area contributed by atoms with Crippen molar-refractivity contribution in [2.75, 3.05) is 20.1 Å². The zero-order valence-electron chi connectivity index (χ0n) is 16.5. The van der Waals surface area contributed by atoms with Crippen LogP contribution >= 0.6 is 23.2 Å². The molecule has 0 amide bonds. The SMILES string of the molecule is CNNC(C=C(N)c1ccccc1Cl)=NC1CCN(Cc2ccccc2Cl)CC1. The van der Waals surface area contributed by atoms with E-state index in [4.69, 9.17) is 33.9 Å². The van der Waals surface area contributed by atoms with Crippen molar-refractivity contribution >= 4 is 34.7 Å². The molecule has 0 spiro atoms. The molecule has 0 unspecified atom stereocenters. The van der Waals surface area contributed by atoms with Crippen LogP contribution in [0.4, 0.5) is 0 Å². The second-order valence-electron chi connectivity index (χ2n) is 7.07. The van der Waals surface area contributed by atoms with Crippen LogP contribution in [0.3, 0.4) is 0 Å². The second kappa shape index (κ2) is 10.6. The summed E-state index contributed by atoms with van der Waals surface area (Å²) in [6.45, 7) is 2.84. The van der Waals surface area contributed by atoms with E-state index in [9.17, 15) is 0 Å². The Bertz CT molecular complexity index is 873. The number of nitrogens with zero attached hydrogens (tertiary/aromatic N) is 2. The number of benzene rings is 2.